The normalized spacial score (nSPS) is 21.2. The van der Waals surface area contributed by atoms with Crippen LogP contribution in [0.4, 0.5) is 10.5 Å². The summed E-state index contributed by atoms with van der Waals surface area (Å²) in [6.07, 6.45) is 2.36. The van der Waals surface area contributed by atoms with Crippen LogP contribution in [0.1, 0.15) is 23.2 Å². The molecule has 2 aromatic heterocycles. The van der Waals surface area contributed by atoms with E-state index in [2.05, 4.69) is 19.0 Å². The van der Waals surface area contributed by atoms with E-state index in [1.165, 1.54) is 17.2 Å². The Morgan fingerprint density at radius 1 is 1.23 bits per heavy atom. The molecule has 0 spiro atoms. The van der Waals surface area contributed by atoms with Gasteiger partial charge in [-0.15, -0.1) is 0 Å². The van der Waals surface area contributed by atoms with E-state index in [1.807, 2.05) is 0 Å². The fourth-order valence-corrected chi connectivity index (χ4v) is 4.66. The van der Waals surface area contributed by atoms with Crippen LogP contribution in [0.2, 0.25) is 5.15 Å². The molecule has 2 fully saturated rings. The van der Waals surface area contributed by atoms with Gasteiger partial charge in [0.1, 0.15) is 22.2 Å². The van der Waals surface area contributed by atoms with E-state index in [9.17, 15) is 14.4 Å². The Balaban J connectivity index is 1.36. The molecular weight excluding hydrogens is 428 g/mol. The first-order chi connectivity index (χ1) is 14.5. The third-order valence-electron chi connectivity index (χ3n) is 5.37. The zero-order valence-corrected chi connectivity index (χ0v) is 17.1. The summed E-state index contributed by atoms with van der Waals surface area (Å²) in [6.45, 7) is 0.374. The number of benzene rings is 1. The lowest BCUT2D eigenvalue weighted by Crippen LogP contribution is -2.49. The van der Waals surface area contributed by atoms with Gasteiger partial charge in [-0.05, 0) is 37.1 Å². The van der Waals surface area contributed by atoms with Crippen LogP contribution in [0.25, 0.3) is 11.0 Å². The van der Waals surface area contributed by atoms with Crippen molar-refractivity contribution in [2.75, 3.05) is 11.4 Å². The van der Waals surface area contributed by atoms with Crippen LogP contribution in [0.15, 0.2) is 36.5 Å². The van der Waals surface area contributed by atoms with E-state index in [4.69, 9.17) is 11.6 Å². The van der Waals surface area contributed by atoms with Crippen LogP contribution in [0.3, 0.4) is 0 Å². The molecule has 9 nitrogen and oxygen atoms in total. The molecule has 152 valence electrons. The maximum absolute atomic E-state index is 13.1. The average molecular weight is 443 g/mol. The van der Waals surface area contributed by atoms with Crippen LogP contribution >= 0.6 is 23.3 Å². The molecule has 2 aliphatic heterocycles. The van der Waals surface area contributed by atoms with Gasteiger partial charge in [0.15, 0.2) is 0 Å². The smallest absolute Gasteiger partial charge is 0.332 e. The van der Waals surface area contributed by atoms with E-state index >= 15 is 0 Å². The number of amides is 4. The molecule has 2 aliphatic rings. The van der Waals surface area contributed by atoms with E-state index in [-0.39, 0.29) is 29.0 Å². The second-order valence-electron chi connectivity index (χ2n) is 7.14. The first kappa shape index (κ1) is 18.9. The minimum Gasteiger partial charge on any atom is -0.349 e. The number of carbonyl (C=O) groups is 3. The number of anilines is 1. The number of hydrogen-bond donors (Lipinski definition) is 1. The minimum absolute atomic E-state index is 0.232. The Hall–Kier alpha value is -3.11. The summed E-state index contributed by atoms with van der Waals surface area (Å²) in [6, 6.07) is 7.07. The topological polar surface area (TPSA) is 108 Å². The number of imide groups is 1. The minimum atomic E-state index is -0.626. The van der Waals surface area contributed by atoms with Gasteiger partial charge in [-0.25, -0.2) is 14.7 Å². The molecular formula is C19H15ClN6O3S. The molecule has 2 saturated heterocycles. The summed E-state index contributed by atoms with van der Waals surface area (Å²) >= 11 is 6.89. The van der Waals surface area contributed by atoms with Crippen molar-refractivity contribution in [3.05, 3.63) is 47.2 Å². The van der Waals surface area contributed by atoms with Crippen molar-refractivity contribution < 1.29 is 14.4 Å². The van der Waals surface area contributed by atoms with Gasteiger partial charge in [-0.2, -0.15) is 8.75 Å². The maximum Gasteiger partial charge on any atom is 0.332 e. The summed E-state index contributed by atoms with van der Waals surface area (Å²) in [5, 5.41) is 3.17. The molecule has 5 rings (SSSR count). The van der Waals surface area contributed by atoms with Crippen LogP contribution in [-0.2, 0) is 4.79 Å². The zero-order valence-electron chi connectivity index (χ0n) is 15.5. The third-order valence-corrected chi connectivity index (χ3v) is 6.12. The zero-order chi connectivity index (χ0) is 20.8. The van der Waals surface area contributed by atoms with E-state index in [0.29, 0.717) is 41.7 Å². The highest BCUT2D eigenvalue weighted by molar-refractivity contribution is 7.00. The van der Waals surface area contributed by atoms with Gasteiger partial charge < -0.3 is 10.2 Å². The van der Waals surface area contributed by atoms with Gasteiger partial charge >= 0.3 is 6.03 Å². The number of hydrogen-bond acceptors (Lipinski definition) is 7. The van der Waals surface area contributed by atoms with E-state index in [1.54, 1.807) is 29.2 Å². The van der Waals surface area contributed by atoms with Crippen LogP contribution in [0, 0.1) is 0 Å². The number of rotatable bonds is 3. The second-order valence-corrected chi connectivity index (χ2v) is 8.05. The highest BCUT2D eigenvalue weighted by Crippen LogP contribution is 2.34. The van der Waals surface area contributed by atoms with Crippen LogP contribution in [0.5, 0.6) is 0 Å². The monoisotopic (exact) mass is 442 g/mol. The lowest BCUT2D eigenvalue weighted by molar-refractivity contribution is -0.120. The number of urea groups is 1. The summed E-state index contributed by atoms with van der Waals surface area (Å²) in [7, 11) is 0. The molecule has 4 heterocycles. The van der Waals surface area contributed by atoms with Crippen molar-refractivity contribution in [1.29, 1.82) is 0 Å². The number of nitrogens with zero attached hydrogens (tertiary/aromatic N) is 5. The summed E-state index contributed by atoms with van der Waals surface area (Å²) in [5.74, 6) is -0.601. The SMILES string of the molecule is O=C(NC1CCN2C(=O)N(c3cccc4nsnc34)C(=O)C2C1)c1ccnc(Cl)c1. The summed E-state index contributed by atoms with van der Waals surface area (Å²) in [5.41, 5.74) is 2.01. The van der Waals surface area contributed by atoms with Crippen molar-refractivity contribution in [3.63, 3.8) is 0 Å². The molecule has 3 aromatic rings. The molecule has 1 aromatic carbocycles. The molecule has 0 aliphatic carbocycles. The first-order valence-electron chi connectivity index (χ1n) is 9.31. The first-order valence-corrected chi connectivity index (χ1v) is 10.4. The molecule has 0 bridgehead atoms. The van der Waals surface area contributed by atoms with Gasteiger partial charge in [-0.1, -0.05) is 17.7 Å². The standard InChI is InChI=1S/C19H15ClN6O3S/c20-15-8-10(4-6-21-15)17(27)22-11-5-7-25-14(9-11)18(28)26(19(25)29)13-3-1-2-12-16(13)24-30-23-12/h1-4,6,8,11,14H,5,7,9H2,(H,22,27). The van der Waals surface area contributed by atoms with Gasteiger partial charge in [0.2, 0.25) is 0 Å². The fraction of sp³-hybridized carbons (Fsp3) is 0.263. The number of carbonyl (C=O) groups excluding carboxylic acids is 3. The van der Waals surface area contributed by atoms with Crippen molar-refractivity contribution in [2.24, 2.45) is 0 Å². The molecule has 11 heteroatoms. The predicted molar refractivity (Wildman–Crippen MR) is 111 cm³/mol. The van der Waals surface area contributed by atoms with Crippen molar-refractivity contribution in [2.45, 2.75) is 24.9 Å². The molecule has 0 saturated carbocycles. The highest BCUT2D eigenvalue weighted by Gasteiger charge is 2.49. The Morgan fingerprint density at radius 3 is 2.93 bits per heavy atom. The summed E-state index contributed by atoms with van der Waals surface area (Å²) in [4.78, 5) is 45.3. The predicted octanol–water partition coefficient (Wildman–Crippen LogP) is 2.47. The summed E-state index contributed by atoms with van der Waals surface area (Å²) < 4.78 is 8.42. The molecule has 2 atom stereocenters. The Kier molecular flexibility index (Phi) is 4.59. The highest BCUT2D eigenvalue weighted by atomic mass is 35.5. The van der Waals surface area contributed by atoms with Gasteiger partial charge in [0.25, 0.3) is 11.8 Å². The largest absolute Gasteiger partial charge is 0.349 e. The van der Waals surface area contributed by atoms with Crippen molar-refractivity contribution >= 4 is 57.9 Å². The fourth-order valence-electron chi connectivity index (χ4n) is 3.94. The quantitative estimate of drug-likeness (QED) is 0.493. The number of nitrogens with one attached hydrogen (secondary N) is 1. The maximum atomic E-state index is 13.1. The number of pyridine rings is 1. The lowest BCUT2D eigenvalue weighted by atomic mass is 9.97. The molecule has 30 heavy (non-hydrogen) atoms. The van der Waals surface area contributed by atoms with Gasteiger partial charge in [0.05, 0.1) is 17.4 Å². The Bertz CT molecular complexity index is 1180. The Morgan fingerprint density at radius 2 is 2.10 bits per heavy atom. The number of aromatic nitrogens is 3. The van der Waals surface area contributed by atoms with Crippen LogP contribution < -0.4 is 10.2 Å². The third kappa shape index (κ3) is 3.08. The molecule has 0 radical (unpaired) electrons. The second kappa shape index (κ2) is 7.29. The molecule has 2 unspecified atom stereocenters. The van der Waals surface area contributed by atoms with Crippen LogP contribution in [-0.4, -0.2) is 55.1 Å². The number of halogens is 1. The van der Waals surface area contributed by atoms with Gasteiger partial charge in [-0.3, -0.25) is 9.59 Å². The van der Waals surface area contributed by atoms with Gasteiger partial charge in [0, 0.05) is 24.3 Å². The average Bonchev–Trinajstić information content (AvgIpc) is 3.31. The van der Waals surface area contributed by atoms with E-state index in [0.717, 1.165) is 11.7 Å². The van der Waals surface area contributed by atoms with Crippen molar-refractivity contribution in [1.82, 2.24) is 23.9 Å². The molecule has 4 amide bonds. The number of fused-ring (bicyclic) bond motifs is 2. The number of piperidine rings is 1. The molecule has 1 N–H and O–H groups in total. The van der Waals surface area contributed by atoms with E-state index < -0.39 is 6.04 Å². The lowest BCUT2D eigenvalue weighted by Gasteiger charge is -2.32. The Labute approximate surface area is 180 Å². The van der Waals surface area contributed by atoms with Crippen molar-refractivity contribution in [3.8, 4) is 0 Å².